The zero-order valence-electron chi connectivity index (χ0n) is 8.02. The number of halogens is 6. The van der Waals surface area contributed by atoms with Crippen molar-refractivity contribution in [2.75, 3.05) is 0 Å². The van der Waals surface area contributed by atoms with Crippen molar-refractivity contribution in [3.63, 3.8) is 0 Å². The Labute approximate surface area is 91.5 Å². The molecule has 0 radical (unpaired) electrons. The summed E-state index contributed by atoms with van der Waals surface area (Å²) >= 11 is 0. The minimum atomic E-state index is -5.15. The van der Waals surface area contributed by atoms with Crippen molar-refractivity contribution in [2.24, 2.45) is 0 Å². The summed E-state index contributed by atoms with van der Waals surface area (Å²) in [4.78, 5) is 2.73. The molecule has 0 amide bonds. The van der Waals surface area contributed by atoms with E-state index in [0.29, 0.717) is 6.20 Å². The number of aromatic nitrogens is 1. The minimum absolute atomic E-state index is 0.441. The average Bonchev–Trinajstić information content (AvgIpc) is 2.15. The number of hydrogen-bond acceptors (Lipinski definition) is 2. The Morgan fingerprint density at radius 1 is 1.35 bits per heavy atom. The molecule has 0 saturated heterocycles. The van der Waals surface area contributed by atoms with Crippen molar-refractivity contribution in [1.82, 2.24) is 4.98 Å². The Balaban J connectivity index is 3.45. The molecule has 0 aliphatic rings. The molecule has 8 heteroatoms. The van der Waals surface area contributed by atoms with E-state index in [1.54, 1.807) is 0 Å². The monoisotopic (exact) mass is 254 g/mol. The van der Waals surface area contributed by atoms with Gasteiger partial charge >= 0.3 is 6.18 Å². The maximum Gasteiger partial charge on any atom is 0.436 e. The van der Waals surface area contributed by atoms with Crippen LogP contribution >= 0.6 is 0 Å². The minimum Gasteiger partial charge on any atom is -0.249 e. The van der Waals surface area contributed by atoms with Crippen LogP contribution in [0.1, 0.15) is 23.2 Å². The van der Waals surface area contributed by atoms with Crippen molar-refractivity contribution in [3.8, 4) is 6.07 Å². The molecule has 0 unspecified atom stereocenters. The number of rotatable bonds is 2. The smallest absolute Gasteiger partial charge is 0.249 e. The molecule has 1 aromatic rings. The molecular weight excluding hydrogens is 250 g/mol. The van der Waals surface area contributed by atoms with Gasteiger partial charge < -0.3 is 0 Å². The summed E-state index contributed by atoms with van der Waals surface area (Å²) in [7, 11) is 0. The molecule has 17 heavy (non-hydrogen) atoms. The molecule has 0 aliphatic carbocycles. The second kappa shape index (κ2) is 4.61. The molecule has 0 atom stereocenters. The third kappa shape index (κ3) is 2.67. The lowest BCUT2D eigenvalue weighted by molar-refractivity contribution is -0.143. The molecular formula is C9H4F6N2. The fraction of sp³-hybridized carbons (Fsp3) is 0.333. The topological polar surface area (TPSA) is 36.7 Å². The van der Waals surface area contributed by atoms with E-state index >= 15 is 0 Å². The van der Waals surface area contributed by atoms with Gasteiger partial charge in [0, 0.05) is 6.20 Å². The fourth-order valence-electron chi connectivity index (χ4n) is 1.20. The summed E-state index contributed by atoms with van der Waals surface area (Å²) in [6.45, 7) is 0. The van der Waals surface area contributed by atoms with Gasteiger partial charge in [-0.15, -0.1) is 0 Å². The van der Waals surface area contributed by atoms with E-state index in [0.717, 1.165) is 0 Å². The molecule has 0 aliphatic heterocycles. The predicted molar refractivity (Wildman–Crippen MR) is 43.5 cm³/mol. The van der Waals surface area contributed by atoms with E-state index in [2.05, 4.69) is 4.98 Å². The maximum atomic E-state index is 13.2. The van der Waals surface area contributed by atoms with E-state index in [9.17, 15) is 26.3 Å². The molecule has 0 spiro atoms. The molecule has 92 valence electrons. The Morgan fingerprint density at radius 2 is 1.94 bits per heavy atom. The van der Waals surface area contributed by atoms with Gasteiger partial charge in [0.15, 0.2) is 11.5 Å². The first-order chi connectivity index (χ1) is 7.79. The Hall–Kier alpha value is -1.78. The first-order valence-corrected chi connectivity index (χ1v) is 4.18. The van der Waals surface area contributed by atoms with Gasteiger partial charge in [0.05, 0.1) is 18.1 Å². The predicted octanol–water partition coefficient (Wildman–Crippen LogP) is 3.24. The molecule has 0 saturated carbocycles. The lowest BCUT2D eigenvalue weighted by atomic mass is 10.1. The maximum absolute atomic E-state index is 13.2. The van der Waals surface area contributed by atoms with Gasteiger partial charge in [0.1, 0.15) is 0 Å². The zero-order chi connectivity index (χ0) is 13.2. The number of hydrogen-bond donors (Lipinski definition) is 0. The first-order valence-electron chi connectivity index (χ1n) is 4.18. The quantitative estimate of drug-likeness (QED) is 0.759. The van der Waals surface area contributed by atoms with Gasteiger partial charge in [-0.3, -0.25) is 0 Å². The molecule has 0 fully saturated rings. The Morgan fingerprint density at radius 3 is 2.35 bits per heavy atom. The van der Waals surface area contributed by atoms with E-state index in [4.69, 9.17) is 5.26 Å². The van der Waals surface area contributed by atoms with Gasteiger partial charge in [0.25, 0.3) is 6.43 Å². The van der Waals surface area contributed by atoms with Crippen LogP contribution < -0.4 is 0 Å². The standard InChI is InChI=1S/C9H4F6N2/c10-6-5(8(11)12)4(1-2-16)3-17-7(6)9(13,14)15/h3,8H,1H2. The molecule has 0 N–H and O–H groups in total. The largest absolute Gasteiger partial charge is 0.436 e. The van der Waals surface area contributed by atoms with Crippen LogP contribution in [0.2, 0.25) is 0 Å². The highest BCUT2D eigenvalue weighted by Crippen LogP contribution is 2.35. The van der Waals surface area contributed by atoms with Gasteiger partial charge in [-0.05, 0) is 5.56 Å². The third-order valence-corrected chi connectivity index (χ3v) is 1.90. The van der Waals surface area contributed by atoms with E-state index < -0.39 is 41.7 Å². The molecule has 1 aromatic heterocycles. The summed E-state index contributed by atoms with van der Waals surface area (Å²) in [6.07, 6.45) is -8.79. The van der Waals surface area contributed by atoms with Crippen LogP contribution in [0.4, 0.5) is 26.3 Å². The zero-order valence-corrected chi connectivity index (χ0v) is 8.02. The second-order valence-electron chi connectivity index (χ2n) is 2.99. The summed E-state index contributed by atoms with van der Waals surface area (Å²) in [6, 6.07) is 1.44. The highest BCUT2D eigenvalue weighted by molar-refractivity contribution is 5.32. The second-order valence-corrected chi connectivity index (χ2v) is 2.99. The highest BCUT2D eigenvalue weighted by atomic mass is 19.4. The number of pyridine rings is 1. The van der Waals surface area contributed by atoms with E-state index in [1.807, 2.05) is 0 Å². The van der Waals surface area contributed by atoms with Crippen molar-refractivity contribution in [3.05, 3.63) is 28.8 Å². The van der Waals surface area contributed by atoms with E-state index in [-0.39, 0.29) is 0 Å². The van der Waals surface area contributed by atoms with Crippen LogP contribution in [0.5, 0.6) is 0 Å². The normalized spacial score (nSPS) is 11.6. The summed E-state index contributed by atoms with van der Waals surface area (Å²) in [5.74, 6) is -2.12. The van der Waals surface area contributed by atoms with E-state index in [1.165, 1.54) is 6.07 Å². The third-order valence-electron chi connectivity index (χ3n) is 1.90. The summed E-state index contributed by atoms with van der Waals surface area (Å²) in [5.41, 5.74) is -3.98. The molecule has 1 rings (SSSR count). The van der Waals surface area contributed by atoms with Gasteiger partial charge in [-0.2, -0.15) is 18.4 Å². The SMILES string of the molecule is N#CCc1cnc(C(F)(F)F)c(F)c1C(F)F. The average molecular weight is 254 g/mol. The first kappa shape index (κ1) is 13.3. The van der Waals surface area contributed by atoms with Crippen LogP contribution in [-0.4, -0.2) is 4.98 Å². The van der Waals surface area contributed by atoms with Crippen LogP contribution in [-0.2, 0) is 12.6 Å². The fourth-order valence-corrected chi connectivity index (χ4v) is 1.20. The van der Waals surface area contributed by atoms with Crippen molar-refractivity contribution < 1.29 is 26.3 Å². The summed E-state index contributed by atoms with van der Waals surface area (Å²) in [5, 5.41) is 8.28. The van der Waals surface area contributed by atoms with Crippen LogP contribution in [0.3, 0.4) is 0 Å². The Kier molecular flexibility index (Phi) is 3.60. The molecule has 0 aromatic carbocycles. The van der Waals surface area contributed by atoms with Crippen LogP contribution in [0.25, 0.3) is 0 Å². The highest BCUT2D eigenvalue weighted by Gasteiger charge is 2.39. The van der Waals surface area contributed by atoms with Crippen molar-refractivity contribution in [1.29, 1.82) is 5.26 Å². The van der Waals surface area contributed by atoms with Crippen LogP contribution in [0, 0.1) is 17.1 Å². The molecule has 2 nitrogen and oxygen atoms in total. The summed E-state index contributed by atoms with van der Waals surface area (Å²) < 4.78 is 74.7. The number of nitriles is 1. The number of nitrogens with zero attached hydrogens (tertiary/aromatic N) is 2. The molecule has 0 bridgehead atoms. The van der Waals surface area contributed by atoms with Gasteiger partial charge in [0.2, 0.25) is 0 Å². The molecule has 1 heterocycles. The van der Waals surface area contributed by atoms with Gasteiger partial charge in [-0.25, -0.2) is 18.2 Å². The van der Waals surface area contributed by atoms with Crippen molar-refractivity contribution in [2.45, 2.75) is 19.0 Å². The Bertz CT molecular complexity index is 460. The lowest BCUT2D eigenvalue weighted by Gasteiger charge is -2.12. The lowest BCUT2D eigenvalue weighted by Crippen LogP contribution is -2.14. The van der Waals surface area contributed by atoms with Gasteiger partial charge in [-0.1, -0.05) is 0 Å². The van der Waals surface area contributed by atoms with Crippen molar-refractivity contribution >= 4 is 0 Å². The van der Waals surface area contributed by atoms with Crippen LogP contribution in [0.15, 0.2) is 6.20 Å². The number of alkyl halides is 5.